The topological polar surface area (TPSA) is 55.1 Å². The summed E-state index contributed by atoms with van der Waals surface area (Å²) >= 11 is 0. The van der Waals surface area contributed by atoms with Gasteiger partial charge in [0.2, 0.25) is 0 Å². The van der Waals surface area contributed by atoms with Gasteiger partial charge in [0.05, 0.1) is 0 Å². The Morgan fingerprint density at radius 2 is 2.22 bits per heavy atom. The zero-order valence-electron chi connectivity index (χ0n) is 5.68. The molecule has 4 heteroatoms. The summed E-state index contributed by atoms with van der Waals surface area (Å²) in [5.41, 5.74) is 4.82. The first kappa shape index (κ1) is 11.4. The number of rotatable bonds is 2. The van der Waals surface area contributed by atoms with Crippen molar-refractivity contribution in [1.29, 1.82) is 0 Å². The molecule has 2 amide bonds. The van der Waals surface area contributed by atoms with E-state index in [0.717, 1.165) is 6.42 Å². The number of carbonyl (C=O) groups is 1. The SMILES string of the molecule is CCC(C)NC(N)=O.Cl. The number of nitrogens with two attached hydrogens (primary N) is 1. The second kappa shape index (κ2) is 5.69. The van der Waals surface area contributed by atoms with Crippen LogP contribution in [0.5, 0.6) is 0 Å². The number of hydrogen-bond acceptors (Lipinski definition) is 1. The molecule has 1 unspecified atom stereocenters. The van der Waals surface area contributed by atoms with Gasteiger partial charge in [-0.3, -0.25) is 0 Å². The Bertz CT molecular complexity index is 87.0. The Morgan fingerprint density at radius 1 is 1.78 bits per heavy atom. The van der Waals surface area contributed by atoms with Gasteiger partial charge in [-0.25, -0.2) is 4.79 Å². The molecule has 0 saturated carbocycles. The molecule has 0 saturated heterocycles. The summed E-state index contributed by atoms with van der Waals surface area (Å²) in [4.78, 5) is 10.1. The second-order valence-corrected chi connectivity index (χ2v) is 1.82. The fourth-order valence-corrected chi connectivity index (χ4v) is 0.345. The third-order valence-electron chi connectivity index (χ3n) is 1.00. The number of nitrogens with one attached hydrogen (secondary N) is 1. The first-order chi connectivity index (χ1) is 3.66. The van der Waals surface area contributed by atoms with Crippen LogP contribution < -0.4 is 11.1 Å². The lowest BCUT2D eigenvalue weighted by molar-refractivity contribution is 0.245. The first-order valence-electron chi connectivity index (χ1n) is 2.72. The van der Waals surface area contributed by atoms with E-state index in [9.17, 15) is 4.79 Å². The molecule has 0 aliphatic heterocycles. The molecule has 0 aromatic carbocycles. The monoisotopic (exact) mass is 152 g/mol. The maximum atomic E-state index is 10.1. The average molecular weight is 153 g/mol. The maximum absolute atomic E-state index is 10.1. The van der Waals surface area contributed by atoms with E-state index in [1.54, 1.807) is 0 Å². The lowest BCUT2D eigenvalue weighted by Crippen LogP contribution is -2.36. The van der Waals surface area contributed by atoms with Crippen LogP contribution >= 0.6 is 12.4 Å². The Morgan fingerprint density at radius 3 is 2.33 bits per heavy atom. The summed E-state index contributed by atoms with van der Waals surface area (Å²) in [5.74, 6) is 0. The zero-order valence-corrected chi connectivity index (χ0v) is 6.49. The smallest absolute Gasteiger partial charge is 0.312 e. The highest BCUT2D eigenvalue weighted by molar-refractivity contribution is 5.85. The zero-order chi connectivity index (χ0) is 6.57. The number of carbonyl (C=O) groups excluding carboxylic acids is 1. The molecule has 0 fully saturated rings. The predicted molar refractivity (Wildman–Crippen MR) is 39.7 cm³/mol. The van der Waals surface area contributed by atoms with Gasteiger partial charge in [0.25, 0.3) is 0 Å². The Balaban J connectivity index is 0. The van der Waals surface area contributed by atoms with Crippen LogP contribution in [-0.2, 0) is 0 Å². The summed E-state index contributed by atoms with van der Waals surface area (Å²) in [6.45, 7) is 3.89. The number of urea groups is 1. The lowest BCUT2D eigenvalue weighted by atomic mass is 10.3. The van der Waals surface area contributed by atoms with Crippen LogP contribution in [0.2, 0.25) is 0 Å². The number of amides is 2. The third kappa shape index (κ3) is 7.56. The largest absolute Gasteiger partial charge is 0.352 e. The van der Waals surface area contributed by atoms with Gasteiger partial charge in [-0.2, -0.15) is 0 Å². The Labute approximate surface area is 61.4 Å². The third-order valence-corrected chi connectivity index (χ3v) is 1.00. The number of primary amides is 1. The van der Waals surface area contributed by atoms with E-state index in [4.69, 9.17) is 5.73 Å². The van der Waals surface area contributed by atoms with Gasteiger partial charge in [-0.1, -0.05) is 6.92 Å². The van der Waals surface area contributed by atoms with E-state index < -0.39 is 6.03 Å². The van der Waals surface area contributed by atoms with Crippen molar-refractivity contribution in [3.8, 4) is 0 Å². The van der Waals surface area contributed by atoms with Crippen LogP contribution in [0.3, 0.4) is 0 Å². The normalized spacial score (nSPS) is 11.3. The molecule has 1 atom stereocenters. The van der Waals surface area contributed by atoms with Crippen LogP contribution in [-0.4, -0.2) is 12.1 Å². The van der Waals surface area contributed by atoms with E-state index in [1.165, 1.54) is 0 Å². The van der Waals surface area contributed by atoms with Gasteiger partial charge >= 0.3 is 6.03 Å². The summed E-state index contributed by atoms with van der Waals surface area (Å²) in [6, 6.07) is -0.244. The fourth-order valence-electron chi connectivity index (χ4n) is 0.345. The van der Waals surface area contributed by atoms with Crippen molar-refractivity contribution in [1.82, 2.24) is 5.32 Å². The summed E-state index contributed by atoms with van der Waals surface area (Å²) in [6.07, 6.45) is 0.920. The van der Waals surface area contributed by atoms with Crippen LogP contribution in [0.15, 0.2) is 0 Å². The molecule has 0 spiro atoms. The summed E-state index contributed by atoms with van der Waals surface area (Å²) < 4.78 is 0. The van der Waals surface area contributed by atoms with Crippen LogP contribution in [0, 0.1) is 0 Å². The Kier molecular flexibility index (Phi) is 7.19. The van der Waals surface area contributed by atoms with E-state index in [-0.39, 0.29) is 18.4 Å². The molecule has 0 aliphatic rings. The van der Waals surface area contributed by atoms with Crippen LogP contribution in [0.4, 0.5) is 4.79 Å². The first-order valence-corrected chi connectivity index (χ1v) is 2.72. The van der Waals surface area contributed by atoms with Crippen LogP contribution in [0.1, 0.15) is 20.3 Å². The maximum Gasteiger partial charge on any atom is 0.312 e. The quantitative estimate of drug-likeness (QED) is 0.607. The summed E-state index contributed by atoms with van der Waals surface area (Å²) in [7, 11) is 0. The molecule has 0 aliphatic carbocycles. The van der Waals surface area contributed by atoms with E-state index in [1.807, 2.05) is 13.8 Å². The van der Waals surface area contributed by atoms with E-state index in [2.05, 4.69) is 5.32 Å². The standard InChI is InChI=1S/C5H12N2O.ClH/c1-3-4(2)7-5(6)8;/h4H,3H2,1-2H3,(H3,6,7,8);1H. The van der Waals surface area contributed by atoms with Gasteiger partial charge in [0, 0.05) is 6.04 Å². The lowest BCUT2D eigenvalue weighted by Gasteiger charge is -2.06. The van der Waals surface area contributed by atoms with Gasteiger partial charge in [0.15, 0.2) is 0 Å². The van der Waals surface area contributed by atoms with Crippen molar-refractivity contribution in [3.63, 3.8) is 0 Å². The molecule has 0 aromatic rings. The van der Waals surface area contributed by atoms with Crippen molar-refractivity contribution < 1.29 is 4.79 Å². The van der Waals surface area contributed by atoms with Gasteiger partial charge < -0.3 is 11.1 Å². The number of halogens is 1. The molecule has 9 heavy (non-hydrogen) atoms. The van der Waals surface area contributed by atoms with Crippen molar-refractivity contribution in [2.24, 2.45) is 5.73 Å². The molecule has 0 aromatic heterocycles. The summed E-state index contributed by atoms with van der Waals surface area (Å²) in [5, 5.41) is 2.53. The highest BCUT2D eigenvalue weighted by Crippen LogP contribution is 1.84. The molecule has 3 nitrogen and oxygen atoms in total. The Hall–Kier alpha value is -0.440. The molecule has 3 N–H and O–H groups in total. The van der Waals surface area contributed by atoms with Crippen molar-refractivity contribution >= 4 is 18.4 Å². The van der Waals surface area contributed by atoms with Crippen molar-refractivity contribution in [3.05, 3.63) is 0 Å². The van der Waals surface area contributed by atoms with Gasteiger partial charge in [-0.15, -0.1) is 12.4 Å². The molecule has 0 heterocycles. The molecular weight excluding hydrogens is 140 g/mol. The van der Waals surface area contributed by atoms with Gasteiger partial charge in [-0.05, 0) is 13.3 Å². The van der Waals surface area contributed by atoms with E-state index >= 15 is 0 Å². The predicted octanol–water partition coefficient (Wildman–Crippen LogP) is 0.875. The highest BCUT2D eigenvalue weighted by atomic mass is 35.5. The minimum atomic E-state index is -0.445. The van der Waals surface area contributed by atoms with Crippen molar-refractivity contribution in [2.45, 2.75) is 26.3 Å². The van der Waals surface area contributed by atoms with E-state index in [0.29, 0.717) is 0 Å². The van der Waals surface area contributed by atoms with Crippen LogP contribution in [0.25, 0.3) is 0 Å². The van der Waals surface area contributed by atoms with Crippen molar-refractivity contribution in [2.75, 3.05) is 0 Å². The second-order valence-electron chi connectivity index (χ2n) is 1.82. The van der Waals surface area contributed by atoms with Gasteiger partial charge in [0.1, 0.15) is 0 Å². The fraction of sp³-hybridized carbons (Fsp3) is 0.800. The molecule has 0 bridgehead atoms. The number of hydrogen-bond donors (Lipinski definition) is 2. The molecular formula is C5H13ClN2O. The molecule has 0 rings (SSSR count). The molecule has 56 valence electrons. The highest BCUT2D eigenvalue weighted by Gasteiger charge is 1.97. The average Bonchev–Trinajstić information content (AvgIpc) is 1.65. The minimum absolute atomic E-state index is 0. The minimum Gasteiger partial charge on any atom is -0.352 e. The molecule has 0 radical (unpaired) electrons.